The maximum Gasteiger partial charge on any atom is 0.271 e. The van der Waals surface area contributed by atoms with Crippen LogP contribution in [-0.2, 0) is 6.54 Å². The van der Waals surface area contributed by atoms with Crippen molar-refractivity contribution in [3.8, 4) is 0 Å². The third kappa shape index (κ3) is 1.96. The van der Waals surface area contributed by atoms with E-state index in [4.69, 9.17) is 11.6 Å². The number of fused-ring (bicyclic) bond motifs is 1. The van der Waals surface area contributed by atoms with E-state index < -0.39 is 0 Å². The Morgan fingerprint density at radius 3 is 3.20 bits per heavy atom. The molecule has 2 heterocycles. The standard InChI is InChI=1S/C10H9ClN2OS/c1-7(4-11)5-13-6-12-8-2-3-15-9(8)10(13)14/h2-3,6H,1,4-5H2. The van der Waals surface area contributed by atoms with Crippen LogP contribution < -0.4 is 5.56 Å². The molecule has 0 bridgehead atoms. The van der Waals surface area contributed by atoms with Gasteiger partial charge in [0, 0.05) is 12.4 Å². The first kappa shape index (κ1) is 10.4. The van der Waals surface area contributed by atoms with E-state index in [1.54, 1.807) is 0 Å². The van der Waals surface area contributed by atoms with Crippen LogP contribution in [-0.4, -0.2) is 15.4 Å². The van der Waals surface area contributed by atoms with Gasteiger partial charge in [-0.15, -0.1) is 22.9 Å². The van der Waals surface area contributed by atoms with Crippen LogP contribution in [0.25, 0.3) is 10.2 Å². The number of halogens is 1. The summed E-state index contributed by atoms with van der Waals surface area (Å²) in [6, 6.07) is 1.84. The van der Waals surface area contributed by atoms with E-state index in [9.17, 15) is 4.79 Å². The Kier molecular flexibility index (Phi) is 2.88. The molecule has 0 aliphatic carbocycles. The van der Waals surface area contributed by atoms with Crippen LogP contribution in [0.5, 0.6) is 0 Å². The third-order valence-corrected chi connectivity index (χ3v) is 3.29. The molecule has 0 N–H and O–H groups in total. The zero-order chi connectivity index (χ0) is 10.8. The maximum atomic E-state index is 11.9. The van der Waals surface area contributed by atoms with E-state index in [0.29, 0.717) is 17.1 Å². The summed E-state index contributed by atoms with van der Waals surface area (Å²) in [6.07, 6.45) is 1.54. The molecular weight excluding hydrogens is 232 g/mol. The lowest BCUT2D eigenvalue weighted by molar-refractivity contribution is 0.741. The second kappa shape index (κ2) is 4.16. The van der Waals surface area contributed by atoms with Crippen LogP contribution in [0.4, 0.5) is 0 Å². The Balaban J connectivity index is 2.48. The van der Waals surface area contributed by atoms with Gasteiger partial charge in [0.15, 0.2) is 0 Å². The number of allylic oxidation sites excluding steroid dienone is 1. The summed E-state index contributed by atoms with van der Waals surface area (Å²) in [5, 5.41) is 1.86. The topological polar surface area (TPSA) is 34.9 Å². The molecule has 0 amide bonds. The molecule has 0 fully saturated rings. The maximum absolute atomic E-state index is 11.9. The molecule has 2 aromatic heterocycles. The van der Waals surface area contributed by atoms with Crippen LogP contribution in [0.2, 0.25) is 0 Å². The Morgan fingerprint density at radius 1 is 1.67 bits per heavy atom. The fourth-order valence-electron chi connectivity index (χ4n) is 1.27. The van der Waals surface area contributed by atoms with E-state index in [2.05, 4.69) is 11.6 Å². The monoisotopic (exact) mass is 240 g/mol. The van der Waals surface area contributed by atoms with Crippen molar-refractivity contribution in [2.24, 2.45) is 0 Å². The number of thiophene rings is 1. The van der Waals surface area contributed by atoms with Crippen LogP contribution >= 0.6 is 22.9 Å². The fraction of sp³-hybridized carbons (Fsp3) is 0.200. The van der Waals surface area contributed by atoms with Crippen LogP contribution in [0.3, 0.4) is 0 Å². The quantitative estimate of drug-likeness (QED) is 0.609. The highest BCUT2D eigenvalue weighted by atomic mass is 35.5. The molecule has 0 aromatic carbocycles. The van der Waals surface area contributed by atoms with Gasteiger partial charge in [-0.2, -0.15) is 0 Å². The van der Waals surface area contributed by atoms with E-state index >= 15 is 0 Å². The molecule has 0 aliphatic heterocycles. The van der Waals surface area contributed by atoms with E-state index in [-0.39, 0.29) is 5.56 Å². The Morgan fingerprint density at radius 2 is 2.47 bits per heavy atom. The van der Waals surface area contributed by atoms with Gasteiger partial charge in [0.1, 0.15) is 4.70 Å². The molecule has 2 rings (SSSR count). The minimum Gasteiger partial charge on any atom is -0.294 e. The van der Waals surface area contributed by atoms with Crippen LogP contribution in [0.15, 0.2) is 34.7 Å². The summed E-state index contributed by atoms with van der Waals surface area (Å²) >= 11 is 7.02. The van der Waals surface area contributed by atoms with Crippen molar-refractivity contribution >= 4 is 33.2 Å². The van der Waals surface area contributed by atoms with Crippen molar-refractivity contribution in [3.05, 3.63) is 40.3 Å². The SMILES string of the molecule is C=C(CCl)Cn1cnc2ccsc2c1=O. The first-order chi connectivity index (χ1) is 7.22. The smallest absolute Gasteiger partial charge is 0.271 e. The Hall–Kier alpha value is -1.13. The zero-order valence-corrected chi connectivity index (χ0v) is 9.51. The molecule has 0 unspecified atom stereocenters. The number of rotatable bonds is 3. The molecule has 0 spiro atoms. The van der Waals surface area contributed by atoms with Crippen molar-refractivity contribution in [2.75, 3.05) is 5.88 Å². The summed E-state index contributed by atoms with van der Waals surface area (Å²) < 4.78 is 2.21. The van der Waals surface area contributed by atoms with Gasteiger partial charge in [0.25, 0.3) is 5.56 Å². The normalized spacial score (nSPS) is 10.7. The van der Waals surface area contributed by atoms with Gasteiger partial charge >= 0.3 is 0 Å². The lowest BCUT2D eigenvalue weighted by Gasteiger charge is -2.04. The van der Waals surface area contributed by atoms with Gasteiger partial charge < -0.3 is 0 Å². The number of aromatic nitrogens is 2. The molecule has 0 saturated heterocycles. The first-order valence-corrected chi connectivity index (χ1v) is 5.79. The molecule has 0 saturated carbocycles. The second-order valence-corrected chi connectivity index (χ2v) is 4.38. The van der Waals surface area contributed by atoms with Crippen molar-refractivity contribution in [1.82, 2.24) is 9.55 Å². The van der Waals surface area contributed by atoms with E-state index in [0.717, 1.165) is 11.1 Å². The minimum atomic E-state index is -0.0266. The lowest BCUT2D eigenvalue weighted by atomic mass is 10.3. The van der Waals surface area contributed by atoms with Gasteiger partial charge in [-0.05, 0) is 17.0 Å². The third-order valence-electron chi connectivity index (χ3n) is 2.02. The number of alkyl halides is 1. The van der Waals surface area contributed by atoms with Crippen molar-refractivity contribution in [1.29, 1.82) is 0 Å². The number of nitrogens with zero attached hydrogens (tertiary/aromatic N) is 2. The number of hydrogen-bond donors (Lipinski definition) is 0. The lowest BCUT2D eigenvalue weighted by Crippen LogP contribution is -2.20. The molecule has 0 aliphatic rings. The average molecular weight is 241 g/mol. The van der Waals surface area contributed by atoms with Crippen LogP contribution in [0.1, 0.15) is 0 Å². The van der Waals surface area contributed by atoms with Crippen molar-refractivity contribution in [2.45, 2.75) is 6.54 Å². The molecule has 78 valence electrons. The fourth-order valence-corrected chi connectivity index (χ4v) is 2.15. The highest BCUT2D eigenvalue weighted by Gasteiger charge is 2.05. The minimum absolute atomic E-state index is 0.0266. The zero-order valence-electron chi connectivity index (χ0n) is 7.94. The van der Waals surface area contributed by atoms with Crippen LogP contribution in [0, 0.1) is 0 Å². The van der Waals surface area contributed by atoms with Gasteiger partial charge in [-0.25, -0.2) is 4.98 Å². The molecule has 0 atom stereocenters. The van der Waals surface area contributed by atoms with E-state index in [1.807, 2.05) is 11.4 Å². The summed E-state index contributed by atoms with van der Waals surface area (Å²) in [7, 11) is 0. The predicted molar refractivity (Wildman–Crippen MR) is 63.7 cm³/mol. The molecule has 0 radical (unpaired) electrons. The molecule has 5 heteroatoms. The summed E-state index contributed by atoms with van der Waals surface area (Å²) in [4.78, 5) is 16.1. The Labute approximate surface area is 95.6 Å². The summed E-state index contributed by atoms with van der Waals surface area (Å²) in [5.41, 5.74) is 1.52. The molecular formula is C10H9ClN2OS. The highest BCUT2D eigenvalue weighted by Crippen LogP contribution is 2.13. The Bertz CT molecular complexity index is 558. The largest absolute Gasteiger partial charge is 0.294 e. The molecule has 2 aromatic rings. The molecule has 3 nitrogen and oxygen atoms in total. The van der Waals surface area contributed by atoms with Crippen molar-refractivity contribution in [3.63, 3.8) is 0 Å². The first-order valence-electron chi connectivity index (χ1n) is 4.37. The second-order valence-electron chi connectivity index (χ2n) is 3.20. The molecule has 15 heavy (non-hydrogen) atoms. The van der Waals surface area contributed by atoms with Gasteiger partial charge in [-0.1, -0.05) is 6.58 Å². The number of hydrogen-bond acceptors (Lipinski definition) is 3. The van der Waals surface area contributed by atoms with Gasteiger partial charge in [0.05, 0.1) is 11.8 Å². The predicted octanol–water partition coefficient (Wildman–Crippen LogP) is 2.25. The van der Waals surface area contributed by atoms with Gasteiger partial charge in [-0.3, -0.25) is 9.36 Å². The van der Waals surface area contributed by atoms with Crippen molar-refractivity contribution < 1.29 is 0 Å². The van der Waals surface area contributed by atoms with E-state index in [1.165, 1.54) is 22.2 Å². The highest BCUT2D eigenvalue weighted by molar-refractivity contribution is 7.17. The average Bonchev–Trinajstić information content (AvgIpc) is 2.70. The summed E-state index contributed by atoms with van der Waals surface area (Å²) in [5.74, 6) is 0.356. The van der Waals surface area contributed by atoms with Gasteiger partial charge in [0.2, 0.25) is 0 Å². The summed E-state index contributed by atoms with van der Waals surface area (Å²) in [6.45, 7) is 4.19.